The Labute approximate surface area is 113 Å². The summed E-state index contributed by atoms with van der Waals surface area (Å²) in [5, 5.41) is 9.39. The Balaban J connectivity index is 1.81. The van der Waals surface area contributed by atoms with E-state index in [2.05, 4.69) is 0 Å². The second kappa shape index (κ2) is 3.65. The Morgan fingerprint density at radius 2 is 1.74 bits per heavy atom. The molecular formula is C16H20O3. The number of aryl methyl sites for hydroxylation is 1. The average molecular weight is 260 g/mol. The molecule has 1 aromatic heterocycles. The molecule has 0 aromatic carbocycles. The lowest BCUT2D eigenvalue weighted by Crippen LogP contribution is -2.48. The zero-order valence-corrected chi connectivity index (χ0v) is 11.3. The fraction of sp³-hybridized carbons (Fsp3) is 0.688. The van der Waals surface area contributed by atoms with Crippen molar-refractivity contribution in [3.05, 3.63) is 23.2 Å². The summed E-state index contributed by atoms with van der Waals surface area (Å²) in [5.41, 5.74) is 1.11. The summed E-state index contributed by atoms with van der Waals surface area (Å²) in [7, 11) is 0. The van der Waals surface area contributed by atoms with Gasteiger partial charge in [-0.2, -0.15) is 0 Å². The number of carbonyl (C=O) groups is 1. The van der Waals surface area contributed by atoms with Crippen LogP contribution in [0.5, 0.6) is 0 Å². The fourth-order valence-corrected chi connectivity index (χ4v) is 5.51. The van der Waals surface area contributed by atoms with Gasteiger partial charge in [0.25, 0.3) is 0 Å². The van der Waals surface area contributed by atoms with E-state index in [-0.39, 0.29) is 11.2 Å². The summed E-state index contributed by atoms with van der Waals surface area (Å²) in [6.07, 6.45) is 7.66. The van der Waals surface area contributed by atoms with Crippen LogP contribution in [0.3, 0.4) is 0 Å². The molecule has 1 aromatic rings. The first-order valence-electron chi connectivity index (χ1n) is 7.40. The van der Waals surface area contributed by atoms with Crippen LogP contribution >= 0.6 is 0 Å². The zero-order chi connectivity index (χ0) is 13.2. The maximum absolute atomic E-state index is 11.4. The summed E-state index contributed by atoms with van der Waals surface area (Å²) in [6, 6.07) is 2.00. The van der Waals surface area contributed by atoms with Gasteiger partial charge >= 0.3 is 5.97 Å². The number of furan rings is 1. The fourth-order valence-electron chi connectivity index (χ4n) is 5.51. The zero-order valence-electron chi connectivity index (χ0n) is 11.3. The number of hydrogen-bond donors (Lipinski definition) is 1. The molecule has 4 saturated carbocycles. The van der Waals surface area contributed by atoms with Gasteiger partial charge in [-0.05, 0) is 69.3 Å². The molecular weight excluding hydrogens is 240 g/mol. The van der Waals surface area contributed by atoms with Crippen molar-refractivity contribution in [2.24, 2.45) is 17.8 Å². The van der Waals surface area contributed by atoms with Gasteiger partial charge in [-0.25, -0.2) is 4.79 Å². The van der Waals surface area contributed by atoms with Crippen molar-refractivity contribution >= 4 is 5.97 Å². The first-order chi connectivity index (χ1) is 9.06. The van der Waals surface area contributed by atoms with Gasteiger partial charge in [0.05, 0.1) is 0 Å². The molecule has 3 nitrogen and oxygen atoms in total. The summed E-state index contributed by atoms with van der Waals surface area (Å²) in [5.74, 6) is 2.51. The maximum Gasteiger partial charge on any atom is 0.372 e. The van der Waals surface area contributed by atoms with Crippen molar-refractivity contribution in [3.63, 3.8) is 0 Å². The van der Waals surface area contributed by atoms with Crippen LogP contribution in [-0.2, 0) is 5.41 Å². The van der Waals surface area contributed by atoms with Crippen LogP contribution in [-0.4, -0.2) is 11.1 Å². The third kappa shape index (κ3) is 1.60. The molecule has 4 fully saturated rings. The molecule has 0 atom stereocenters. The standard InChI is InChI=1S/C16H20O3/c1-9-2-13(14(19-9)15(17)18)16-6-10-3-11(7-16)5-12(4-10)8-16/h2,10-12H,3-8H2,1H3,(H,17,18). The molecule has 19 heavy (non-hydrogen) atoms. The predicted octanol–water partition coefficient (Wildman–Crippen LogP) is 3.75. The SMILES string of the molecule is Cc1cc(C23CC4CC(CC(C4)C2)C3)c(C(=O)O)o1. The normalized spacial score (nSPS) is 39.7. The van der Waals surface area contributed by atoms with Gasteiger partial charge in [-0.1, -0.05) is 0 Å². The molecule has 5 rings (SSSR count). The van der Waals surface area contributed by atoms with E-state index in [1.165, 1.54) is 38.5 Å². The van der Waals surface area contributed by atoms with Crippen molar-refractivity contribution in [2.75, 3.05) is 0 Å². The average Bonchev–Trinajstić information content (AvgIpc) is 2.70. The van der Waals surface area contributed by atoms with E-state index in [1.807, 2.05) is 13.0 Å². The van der Waals surface area contributed by atoms with E-state index < -0.39 is 5.97 Å². The first kappa shape index (κ1) is 11.6. The third-order valence-corrected chi connectivity index (χ3v) is 5.66. The molecule has 1 N–H and O–H groups in total. The lowest BCUT2D eigenvalue weighted by Gasteiger charge is -2.56. The number of carboxylic acid groups (broad SMARTS) is 1. The Hall–Kier alpha value is -1.25. The monoisotopic (exact) mass is 260 g/mol. The second-order valence-electron chi connectivity index (χ2n) is 7.10. The van der Waals surface area contributed by atoms with Gasteiger partial charge < -0.3 is 9.52 Å². The molecule has 4 bridgehead atoms. The number of rotatable bonds is 2. The molecule has 0 amide bonds. The van der Waals surface area contributed by atoms with Crippen molar-refractivity contribution in [3.8, 4) is 0 Å². The summed E-state index contributed by atoms with van der Waals surface area (Å²) in [4.78, 5) is 11.4. The van der Waals surface area contributed by atoms with Gasteiger partial charge in [0.1, 0.15) is 5.76 Å². The van der Waals surface area contributed by atoms with Gasteiger partial charge in [0, 0.05) is 11.0 Å². The maximum atomic E-state index is 11.4. The molecule has 0 radical (unpaired) electrons. The van der Waals surface area contributed by atoms with E-state index in [0.717, 1.165) is 29.1 Å². The van der Waals surface area contributed by atoms with E-state index in [1.54, 1.807) is 0 Å². The van der Waals surface area contributed by atoms with E-state index in [0.29, 0.717) is 0 Å². The van der Waals surface area contributed by atoms with Crippen molar-refractivity contribution in [1.29, 1.82) is 0 Å². The van der Waals surface area contributed by atoms with Crippen LogP contribution < -0.4 is 0 Å². The molecule has 1 heterocycles. The van der Waals surface area contributed by atoms with Gasteiger partial charge in [0.15, 0.2) is 0 Å². The quantitative estimate of drug-likeness (QED) is 0.881. The molecule has 4 aliphatic rings. The summed E-state index contributed by atoms with van der Waals surface area (Å²) in [6.45, 7) is 1.86. The smallest absolute Gasteiger partial charge is 0.372 e. The third-order valence-electron chi connectivity index (χ3n) is 5.66. The van der Waals surface area contributed by atoms with Crippen molar-refractivity contribution in [2.45, 2.75) is 50.9 Å². The predicted molar refractivity (Wildman–Crippen MR) is 70.3 cm³/mol. The number of aromatic carboxylic acids is 1. The minimum atomic E-state index is -0.904. The van der Waals surface area contributed by atoms with E-state index in [9.17, 15) is 9.90 Å². The van der Waals surface area contributed by atoms with E-state index >= 15 is 0 Å². The van der Waals surface area contributed by atoms with Crippen molar-refractivity contribution in [1.82, 2.24) is 0 Å². The molecule has 0 spiro atoms. The van der Waals surface area contributed by atoms with Crippen LogP contribution in [0.4, 0.5) is 0 Å². The highest BCUT2D eigenvalue weighted by molar-refractivity contribution is 5.86. The highest BCUT2D eigenvalue weighted by atomic mass is 16.4. The minimum Gasteiger partial charge on any atom is -0.475 e. The van der Waals surface area contributed by atoms with Crippen molar-refractivity contribution < 1.29 is 14.3 Å². The first-order valence-corrected chi connectivity index (χ1v) is 7.40. The molecule has 4 aliphatic carbocycles. The number of hydrogen-bond acceptors (Lipinski definition) is 2. The van der Waals surface area contributed by atoms with Crippen LogP contribution in [0.15, 0.2) is 10.5 Å². The summed E-state index contributed by atoms with van der Waals surface area (Å²) < 4.78 is 5.47. The molecule has 0 saturated heterocycles. The molecule has 102 valence electrons. The Bertz CT molecular complexity index is 505. The highest BCUT2D eigenvalue weighted by Gasteiger charge is 2.53. The number of carboxylic acids is 1. The Morgan fingerprint density at radius 3 is 2.21 bits per heavy atom. The Morgan fingerprint density at radius 1 is 1.21 bits per heavy atom. The molecule has 3 heteroatoms. The minimum absolute atomic E-state index is 0.111. The van der Waals surface area contributed by atoms with Crippen LogP contribution in [0, 0.1) is 24.7 Å². The van der Waals surface area contributed by atoms with Gasteiger partial charge in [-0.3, -0.25) is 0 Å². The van der Waals surface area contributed by atoms with Crippen LogP contribution in [0.25, 0.3) is 0 Å². The Kier molecular flexibility index (Phi) is 2.22. The molecule has 0 aliphatic heterocycles. The highest BCUT2D eigenvalue weighted by Crippen LogP contribution is 2.61. The van der Waals surface area contributed by atoms with Crippen LogP contribution in [0.1, 0.15) is 60.4 Å². The topological polar surface area (TPSA) is 50.4 Å². The largest absolute Gasteiger partial charge is 0.475 e. The summed E-state index contributed by atoms with van der Waals surface area (Å²) >= 11 is 0. The van der Waals surface area contributed by atoms with Gasteiger partial charge in [0.2, 0.25) is 5.76 Å². The van der Waals surface area contributed by atoms with E-state index in [4.69, 9.17) is 4.42 Å². The second-order valence-corrected chi connectivity index (χ2v) is 7.10. The lowest BCUT2D eigenvalue weighted by molar-refractivity contribution is -0.00627. The van der Waals surface area contributed by atoms with Crippen LogP contribution in [0.2, 0.25) is 0 Å². The molecule has 0 unspecified atom stereocenters. The lowest BCUT2D eigenvalue weighted by atomic mass is 9.48. The van der Waals surface area contributed by atoms with Gasteiger partial charge in [-0.15, -0.1) is 0 Å².